The highest BCUT2D eigenvalue weighted by Gasteiger charge is 2.38. The predicted octanol–water partition coefficient (Wildman–Crippen LogP) is 8.46. The van der Waals surface area contributed by atoms with Gasteiger partial charge in [-0.3, -0.25) is 4.79 Å². The van der Waals surface area contributed by atoms with Gasteiger partial charge >= 0.3 is 30.7 Å². The summed E-state index contributed by atoms with van der Waals surface area (Å²) < 4.78 is 157. The number of carboxylic acids is 1. The van der Waals surface area contributed by atoms with E-state index >= 15 is 0 Å². The number of carbonyl (C=O) groups excluding carboxylic acids is 1. The van der Waals surface area contributed by atoms with Crippen molar-refractivity contribution >= 4 is 24.3 Å². The molecule has 4 aromatic heterocycles. The Labute approximate surface area is 363 Å². The van der Waals surface area contributed by atoms with Gasteiger partial charge in [-0.1, -0.05) is 0 Å². The van der Waals surface area contributed by atoms with Gasteiger partial charge in [-0.2, -0.15) is 52.7 Å². The van der Waals surface area contributed by atoms with Crippen molar-refractivity contribution in [2.75, 3.05) is 0 Å². The lowest BCUT2D eigenvalue weighted by Gasteiger charge is -2.13. The van der Waals surface area contributed by atoms with Gasteiger partial charge in [0.1, 0.15) is 24.8 Å². The first kappa shape index (κ1) is 51.1. The van der Waals surface area contributed by atoms with E-state index in [9.17, 15) is 62.3 Å². The zero-order valence-electron chi connectivity index (χ0n) is 33.8. The summed E-state index contributed by atoms with van der Waals surface area (Å²) in [5.74, 6) is -1.85. The van der Waals surface area contributed by atoms with E-state index in [0.717, 1.165) is 51.9 Å². The topological polar surface area (TPSA) is 205 Å². The summed E-state index contributed by atoms with van der Waals surface area (Å²) in [5.41, 5.74) is 0.295. The third-order valence-electron chi connectivity index (χ3n) is 8.22. The Balaban J connectivity index is 0.000000245. The number of aromatic nitrogens is 10. The smallest absolute Gasteiger partial charge is 0.416 e. The van der Waals surface area contributed by atoms with Gasteiger partial charge < -0.3 is 16.2 Å². The summed E-state index contributed by atoms with van der Waals surface area (Å²) in [6.07, 6.45) is -6.23. The van der Waals surface area contributed by atoms with Crippen LogP contribution >= 0.6 is 0 Å². The van der Waals surface area contributed by atoms with E-state index < -0.39 is 81.8 Å². The normalized spacial score (nSPS) is 13.1. The minimum Gasteiger partial charge on any atom is -0.478 e. The van der Waals surface area contributed by atoms with Gasteiger partial charge in [0.15, 0.2) is 11.6 Å². The maximum Gasteiger partial charge on any atom is 0.416 e. The van der Waals surface area contributed by atoms with Crippen molar-refractivity contribution in [1.82, 2.24) is 54.8 Å². The first-order chi connectivity index (χ1) is 30.6. The fourth-order valence-electron chi connectivity index (χ4n) is 4.93. The Kier molecular flexibility index (Phi) is 16.2. The lowest BCUT2D eigenvalue weighted by molar-refractivity contribution is -0.144. The van der Waals surface area contributed by atoms with Gasteiger partial charge in [0, 0.05) is 77.6 Å². The summed E-state index contributed by atoms with van der Waals surface area (Å²) >= 11 is 0. The van der Waals surface area contributed by atoms with E-state index in [4.69, 9.17) is 10.8 Å². The van der Waals surface area contributed by atoms with Gasteiger partial charge in [0.2, 0.25) is 5.91 Å². The maximum atomic E-state index is 13.0. The summed E-state index contributed by atoms with van der Waals surface area (Å²) in [5, 5.41) is 18.5. The molecule has 0 radical (unpaired) electrons. The van der Waals surface area contributed by atoms with Crippen LogP contribution in [0.5, 0.6) is 0 Å². The van der Waals surface area contributed by atoms with Crippen molar-refractivity contribution in [2.24, 2.45) is 5.73 Å². The zero-order valence-corrected chi connectivity index (χ0v) is 33.8. The van der Waals surface area contributed by atoms with Crippen LogP contribution in [0.1, 0.15) is 65.1 Å². The van der Waals surface area contributed by atoms with Gasteiger partial charge in [-0.15, -0.1) is 10.2 Å². The number of carbonyl (C=O) groups is 2. The van der Waals surface area contributed by atoms with E-state index in [1.807, 2.05) is 13.8 Å². The van der Waals surface area contributed by atoms with E-state index in [2.05, 4.69) is 45.4 Å². The van der Waals surface area contributed by atoms with Gasteiger partial charge in [0.25, 0.3) is 0 Å². The number of rotatable bonds is 9. The Morgan fingerprint density at radius 2 is 1.02 bits per heavy atom. The lowest BCUT2D eigenvalue weighted by atomic mass is 10.0. The molecule has 2 atom stereocenters. The molecule has 0 aliphatic heterocycles. The van der Waals surface area contributed by atoms with E-state index in [0.29, 0.717) is 35.9 Å². The number of nitrogens with one attached hydrogen (secondary N) is 1. The number of alkyl halides is 12. The van der Waals surface area contributed by atoms with Crippen LogP contribution in [-0.4, -0.2) is 66.4 Å². The van der Waals surface area contributed by atoms with Crippen LogP contribution in [-0.2, 0) is 34.3 Å². The first-order valence-electron chi connectivity index (χ1n) is 18.2. The van der Waals surface area contributed by atoms with Crippen LogP contribution in [0, 0.1) is 6.92 Å². The molecule has 2 unspecified atom stereocenters. The second-order valence-electron chi connectivity index (χ2n) is 13.4. The molecule has 6 rings (SSSR count). The molecule has 2 aromatic carbocycles. The van der Waals surface area contributed by atoms with Gasteiger partial charge in [-0.05, 0) is 57.2 Å². The number of hydrogen-bond acceptors (Lipinski definition) is 11. The molecule has 0 fully saturated rings. The van der Waals surface area contributed by atoms with Crippen molar-refractivity contribution in [2.45, 2.75) is 57.6 Å². The third kappa shape index (κ3) is 15.3. The van der Waals surface area contributed by atoms with Crippen LogP contribution < -0.4 is 11.1 Å². The fourth-order valence-corrected chi connectivity index (χ4v) is 4.93. The van der Waals surface area contributed by atoms with Gasteiger partial charge in [0.05, 0.1) is 28.3 Å². The van der Waals surface area contributed by atoms with Crippen LogP contribution in [0.25, 0.3) is 35.2 Å². The Bertz CT molecular complexity index is 2580. The molecule has 27 heteroatoms. The Hall–Kier alpha value is -7.58. The second kappa shape index (κ2) is 20.9. The lowest BCUT2D eigenvalue weighted by Crippen LogP contribution is -2.24. The molecule has 0 bridgehead atoms. The molecule has 0 aliphatic rings. The van der Waals surface area contributed by atoms with Crippen molar-refractivity contribution in [3.63, 3.8) is 0 Å². The standard InChI is InChI=1S/C19H14F6N6O.C13H7F6N3O2.C7H11N3/c1-11(13-7-26-9-27-8-13)29-16(32)2-3-31-10-28-17(30-31)12-4-14(18(20,21)22)6-15(5-12)19(23,24)25;14-12(15,16)8-3-7(4-9(5-8)13(17,18)19)11-20-6-22(21-11)2-1-10(23)24;1-5(8)7-3-9-6(2)10-4-7/h2-11H,1H3,(H,29,32);1-6H,(H,23,24);3-5H,8H2,1-2H3/b3-2-;2-1-;. The van der Waals surface area contributed by atoms with E-state index in [1.54, 1.807) is 19.3 Å². The van der Waals surface area contributed by atoms with E-state index in [-0.39, 0.29) is 24.0 Å². The number of aryl methyl sites for hydroxylation is 1. The molecule has 350 valence electrons. The molecule has 0 spiro atoms. The van der Waals surface area contributed by atoms with Crippen molar-refractivity contribution in [3.8, 4) is 22.8 Å². The molecule has 15 nitrogen and oxygen atoms in total. The fraction of sp³-hybridized carbons (Fsp3) is 0.231. The number of carboxylic acid groups (broad SMARTS) is 1. The molecular weight excluding hydrogens is 912 g/mol. The minimum atomic E-state index is -4.99. The quantitative estimate of drug-likeness (QED) is 0.0923. The molecule has 0 saturated carbocycles. The Morgan fingerprint density at radius 1 is 0.621 bits per heavy atom. The predicted molar refractivity (Wildman–Crippen MR) is 207 cm³/mol. The number of nitrogens with zero attached hydrogens (tertiary/aromatic N) is 10. The monoisotopic (exact) mass is 944 g/mol. The molecule has 4 heterocycles. The minimum absolute atomic E-state index is 0.00910. The van der Waals surface area contributed by atoms with Crippen LogP contribution in [0.15, 0.2) is 92.3 Å². The van der Waals surface area contributed by atoms with Crippen molar-refractivity contribution < 1.29 is 67.4 Å². The molecule has 6 aromatic rings. The highest BCUT2D eigenvalue weighted by atomic mass is 19.4. The summed E-state index contributed by atoms with van der Waals surface area (Å²) in [4.78, 5) is 45.4. The number of amides is 1. The third-order valence-corrected chi connectivity index (χ3v) is 8.22. The average Bonchev–Trinajstić information content (AvgIpc) is 3.92. The second-order valence-corrected chi connectivity index (χ2v) is 13.4. The highest BCUT2D eigenvalue weighted by Crippen LogP contribution is 2.39. The van der Waals surface area contributed by atoms with E-state index in [1.165, 1.54) is 18.7 Å². The van der Waals surface area contributed by atoms with Crippen LogP contribution in [0.2, 0.25) is 0 Å². The zero-order chi connectivity index (χ0) is 49.2. The largest absolute Gasteiger partial charge is 0.478 e. The number of aliphatic carboxylic acids is 1. The number of halogens is 12. The molecule has 4 N–H and O–H groups in total. The summed E-state index contributed by atoms with van der Waals surface area (Å²) in [7, 11) is 0. The Morgan fingerprint density at radius 3 is 1.38 bits per heavy atom. The summed E-state index contributed by atoms with van der Waals surface area (Å²) in [6, 6.07) is 1.63. The number of hydrogen-bond donors (Lipinski definition) is 3. The average molecular weight is 945 g/mol. The van der Waals surface area contributed by atoms with Crippen molar-refractivity contribution in [3.05, 3.63) is 132 Å². The highest BCUT2D eigenvalue weighted by molar-refractivity contribution is 5.90. The maximum absolute atomic E-state index is 13.0. The van der Waals surface area contributed by atoms with Crippen molar-refractivity contribution in [1.29, 1.82) is 0 Å². The first-order valence-corrected chi connectivity index (χ1v) is 18.2. The van der Waals surface area contributed by atoms with Gasteiger partial charge in [-0.25, -0.2) is 44.1 Å². The van der Waals surface area contributed by atoms with Crippen LogP contribution in [0.4, 0.5) is 52.7 Å². The SMILES string of the molecule is CC(NC(=O)/C=C\n1cnc(-c2cc(C(F)(F)F)cc(C(F)(F)F)c2)n1)c1cncnc1.Cc1ncc(C(C)N)cn1.O=C(O)/C=C\n1cnc(-c2cc(C(F)(F)F)cc(C(F)(F)F)c2)n1. The molecule has 66 heavy (non-hydrogen) atoms. The molecular formula is C39H32F12N12O3. The summed E-state index contributed by atoms with van der Waals surface area (Å²) in [6.45, 7) is 5.46. The number of benzene rings is 2. The molecule has 1 amide bonds. The number of nitrogens with two attached hydrogens (primary N) is 1. The molecule has 0 aliphatic carbocycles. The van der Waals surface area contributed by atoms with Crippen LogP contribution in [0.3, 0.4) is 0 Å². The molecule has 0 saturated heterocycles.